The zero-order chi connectivity index (χ0) is 21.0. The van der Waals surface area contributed by atoms with Gasteiger partial charge in [-0.2, -0.15) is 9.36 Å². The van der Waals surface area contributed by atoms with Gasteiger partial charge in [0.1, 0.15) is 19.0 Å². The molecule has 0 saturated heterocycles. The first kappa shape index (κ1) is 20.6. The Morgan fingerprint density at radius 2 is 2.03 bits per heavy atom. The highest BCUT2D eigenvalue weighted by molar-refractivity contribution is 6.32. The van der Waals surface area contributed by atoms with Crippen LogP contribution in [0.5, 0.6) is 5.75 Å². The van der Waals surface area contributed by atoms with Gasteiger partial charge < -0.3 is 9.57 Å². The predicted molar refractivity (Wildman–Crippen MR) is 111 cm³/mol. The molecule has 0 N–H and O–H groups in total. The highest BCUT2D eigenvalue weighted by Crippen LogP contribution is 2.28. The van der Waals surface area contributed by atoms with E-state index in [0.29, 0.717) is 23.1 Å². The van der Waals surface area contributed by atoms with Gasteiger partial charge in [0.05, 0.1) is 16.4 Å². The van der Waals surface area contributed by atoms with Crippen molar-refractivity contribution in [3.05, 3.63) is 68.6 Å². The molecule has 1 aromatic heterocycles. The van der Waals surface area contributed by atoms with Gasteiger partial charge in [-0.15, -0.1) is 0 Å². The van der Waals surface area contributed by atoms with Gasteiger partial charge in [0.25, 0.3) is 0 Å². The lowest BCUT2D eigenvalue weighted by atomic mass is 10.1. The van der Waals surface area contributed by atoms with Gasteiger partial charge in [-0.25, -0.2) is 4.79 Å². The van der Waals surface area contributed by atoms with Crippen LogP contribution in [0.25, 0.3) is 5.69 Å². The minimum Gasteiger partial charge on any atom is -0.487 e. The fraction of sp³-hybridized carbons (Fsp3) is 0.300. The number of hydrogen-bond acceptors (Lipinski definition) is 6. The van der Waals surface area contributed by atoms with E-state index in [0.717, 1.165) is 22.4 Å². The van der Waals surface area contributed by atoms with Crippen LogP contribution < -0.4 is 10.4 Å². The van der Waals surface area contributed by atoms with E-state index in [1.54, 1.807) is 25.2 Å². The third-order valence-electron chi connectivity index (χ3n) is 4.39. The molecule has 0 atom stereocenters. The first-order valence-corrected chi connectivity index (χ1v) is 9.47. The number of tetrazole rings is 1. The fourth-order valence-corrected chi connectivity index (χ4v) is 2.98. The Morgan fingerprint density at radius 3 is 2.69 bits per heavy atom. The number of nitrogens with zero attached hydrogens (tertiary/aromatic N) is 5. The van der Waals surface area contributed by atoms with Crippen molar-refractivity contribution in [2.75, 3.05) is 6.61 Å². The average Bonchev–Trinajstić information content (AvgIpc) is 3.04. The molecule has 8 nitrogen and oxygen atoms in total. The van der Waals surface area contributed by atoms with Crippen LogP contribution in [-0.2, 0) is 18.5 Å². The van der Waals surface area contributed by atoms with Gasteiger partial charge in [0.2, 0.25) is 0 Å². The van der Waals surface area contributed by atoms with Crippen molar-refractivity contribution in [1.29, 1.82) is 0 Å². The van der Waals surface area contributed by atoms with E-state index in [2.05, 4.69) is 15.6 Å². The maximum Gasteiger partial charge on any atom is 0.368 e. The van der Waals surface area contributed by atoms with Gasteiger partial charge in [-0.3, -0.25) is 0 Å². The molecule has 0 amide bonds. The standard InChI is InChI=1S/C20H22ClN5O3/c1-5-29-22-14(3)15-9-10-19(17(21)11-15)28-12-16-13(2)7-6-8-18(16)26-20(27)25(4)23-24-26/h6-11H,5,12H2,1-4H3/b22-14-. The molecule has 3 aromatic rings. The first-order valence-electron chi connectivity index (χ1n) is 9.09. The summed E-state index contributed by atoms with van der Waals surface area (Å²) in [5.41, 5.74) is 3.65. The molecular weight excluding hydrogens is 394 g/mol. The highest BCUT2D eigenvalue weighted by atomic mass is 35.5. The van der Waals surface area contributed by atoms with E-state index >= 15 is 0 Å². The molecule has 9 heteroatoms. The average molecular weight is 416 g/mol. The number of aromatic nitrogens is 4. The fourth-order valence-electron chi connectivity index (χ4n) is 2.74. The van der Waals surface area contributed by atoms with Crippen molar-refractivity contribution < 1.29 is 9.57 Å². The number of halogens is 1. The van der Waals surface area contributed by atoms with Crippen LogP contribution in [0.3, 0.4) is 0 Å². The molecule has 2 aromatic carbocycles. The van der Waals surface area contributed by atoms with Crippen LogP contribution in [0.2, 0.25) is 5.02 Å². The molecule has 0 aliphatic heterocycles. The monoisotopic (exact) mass is 415 g/mol. The van der Waals surface area contributed by atoms with Crippen molar-refractivity contribution in [2.45, 2.75) is 27.4 Å². The quantitative estimate of drug-likeness (QED) is 0.437. The summed E-state index contributed by atoms with van der Waals surface area (Å²) in [4.78, 5) is 17.3. The predicted octanol–water partition coefficient (Wildman–Crippen LogP) is 3.27. The summed E-state index contributed by atoms with van der Waals surface area (Å²) >= 11 is 6.40. The molecule has 3 rings (SSSR count). The second kappa shape index (κ2) is 8.91. The molecule has 0 radical (unpaired) electrons. The summed E-state index contributed by atoms with van der Waals surface area (Å²) in [6.07, 6.45) is 0. The number of hydrogen-bond donors (Lipinski definition) is 0. The van der Waals surface area contributed by atoms with E-state index in [1.165, 1.54) is 9.36 Å². The van der Waals surface area contributed by atoms with Crippen LogP contribution >= 0.6 is 11.6 Å². The van der Waals surface area contributed by atoms with E-state index in [9.17, 15) is 4.79 Å². The SMILES string of the molecule is CCO/N=C(/C)c1ccc(OCc2c(C)cccc2-n2nnn(C)c2=O)c(Cl)c1. The van der Waals surface area contributed by atoms with E-state index in [4.69, 9.17) is 21.2 Å². The van der Waals surface area contributed by atoms with Crippen molar-refractivity contribution in [2.24, 2.45) is 12.2 Å². The highest BCUT2D eigenvalue weighted by Gasteiger charge is 2.14. The third kappa shape index (κ3) is 4.48. The maximum atomic E-state index is 12.3. The molecular formula is C20H22ClN5O3. The molecule has 0 bridgehead atoms. The lowest BCUT2D eigenvalue weighted by Crippen LogP contribution is -2.23. The van der Waals surface area contributed by atoms with Crippen molar-refractivity contribution >= 4 is 17.3 Å². The Bertz CT molecular complexity index is 1100. The molecule has 0 spiro atoms. The van der Waals surface area contributed by atoms with E-state index < -0.39 is 0 Å². The molecule has 152 valence electrons. The first-order chi connectivity index (χ1) is 13.9. The van der Waals surface area contributed by atoms with Crippen LogP contribution in [0.4, 0.5) is 0 Å². The number of benzene rings is 2. The zero-order valence-electron chi connectivity index (χ0n) is 16.7. The topological polar surface area (TPSA) is 83.5 Å². The van der Waals surface area contributed by atoms with Crippen LogP contribution in [0, 0.1) is 6.92 Å². The normalized spacial score (nSPS) is 11.6. The molecule has 29 heavy (non-hydrogen) atoms. The Morgan fingerprint density at radius 1 is 1.24 bits per heavy atom. The summed E-state index contributed by atoms with van der Waals surface area (Å²) in [6, 6.07) is 11.0. The number of ether oxygens (including phenoxy) is 1. The summed E-state index contributed by atoms with van der Waals surface area (Å²) in [6.45, 7) is 6.38. The summed E-state index contributed by atoms with van der Waals surface area (Å²) in [5, 5.41) is 12.2. The van der Waals surface area contributed by atoms with Crippen LogP contribution in [0.15, 0.2) is 46.3 Å². The lowest BCUT2D eigenvalue weighted by molar-refractivity contribution is 0.159. The Hall–Kier alpha value is -3.13. The zero-order valence-corrected chi connectivity index (χ0v) is 17.5. The second-order valence-corrected chi connectivity index (χ2v) is 6.81. The van der Waals surface area contributed by atoms with Gasteiger partial charge in [-0.05, 0) is 61.0 Å². The van der Waals surface area contributed by atoms with Gasteiger partial charge >= 0.3 is 5.69 Å². The van der Waals surface area contributed by atoms with Gasteiger partial charge in [0.15, 0.2) is 0 Å². The van der Waals surface area contributed by atoms with Gasteiger partial charge in [0, 0.05) is 18.2 Å². The largest absolute Gasteiger partial charge is 0.487 e. The molecule has 1 heterocycles. The summed E-state index contributed by atoms with van der Waals surface area (Å²) in [7, 11) is 1.55. The van der Waals surface area contributed by atoms with Crippen molar-refractivity contribution in [3.8, 4) is 11.4 Å². The van der Waals surface area contributed by atoms with Crippen molar-refractivity contribution in [3.63, 3.8) is 0 Å². The number of aryl methyl sites for hydroxylation is 2. The summed E-state index contributed by atoms with van der Waals surface area (Å²) < 4.78 is 8.38. The lowest BCUT2D eigenvalue weighted by Gasteiger charge is -2.14. The molecule has 0 aliphatic carbocycles. The van der Waals surface area contributed by atoms with Crippen molar-refractivity contribution in [1.82, 2.24) is 19.8 Å². The number of oxime groups is 1. The Kier molecular flexibility index (Phi) is 6.33. The van der Waals surface area contributed by atoms with Crippen LogP contribution in [-0.4, -0.2) is 32.1 Å². The number of rotatable bonds is 7. The van der Waals surface area contributed by atoms with E-state index in [1.807, 2.05) is 39.0 Å². The molecule has 0 aliphatic rings. The smallest absolute Gasteiger partial charge is 0.368 e. The second-order valence-electron chi connectivity index (χ2n) is 6.40. The maximum absolute atomic E-state index is 12.3. The van der Waals surface area contributed by atoms with E-state index in [-0.39, 0.29) is 12.3 Å². The Labute approximate surface area is 173 Å². The molecule has 0 fully saturated rings. The van der Waals surface area contributed by atoms with Gasteiger partial charge in [-0.1, -0.05) is 28.9 Å². The molecule has 0 unspecified atom stereocenters. The minimum absolute atomic E-state index is 0.218. The Balaban J connectivity index is 1.86. The third-order valence-corrected chi connectivity index (χ3v) is 4.68. The minimum atomic E-state index is -0.330. The summed E-state index contributed by atoms with van der Waals surface area (Å²) in [5.74, 6) is 0.528. The van der Waals surface area contributed by atoms with Crippen LogP contribution in [0.1, 0.15) is 30.5 Å². The molecule has 0 saturated carbocycles.